The molecule has 1 aromatic heterocycles. The Morgan fingerprint density at radius 1 is 0.929 bits per heavy atom. The Morgan fingerprint density at radius 3 is 2.36 bits per heavy atom. The van der Waals surface area contributed by atoms with E-state index < -0.39 is 42.5 Å². The zero-order chi connectivity index (χ0) is 30.8. The molecule has 6 nitrogen and oxygen atoms in total. The van der Waals surface area contributed by atoms with Crippen LogP contribution in [0.4, 0.5) is 22.0 Å². The molecule has 11 heteroatoms. The normalized spacial score (nSPS) is 11.9. The zero-order valence-electron chi connectivity index (χ0n) is 23.2. The summed E-state index contributed by atoms with van der Waals surface area (Å²) >= 11 is 0. The van der Waals surface area contributed by atoms with E-state index in [1.807, 2.05) is 6.92 Å². The number of hydrogen-bond acceptors (Lipinski definition) is 6. The monoisotopic (exact) mass is 596 g/mol. The number of carbonyl (C=O) groups is 1. The van der Waals surface area contributed by atoms with Crippen LogP contribution in [0.3, 0.4) is 0 Å². The zero-order valence-corrected chi connectivity index (χ0v) is 23.2. The first-order chi connectivity index (χ1) is 19.9. The average Bonchev–Trinajstić information content (AvgIpc) is 2.92. The highest BCUT2D eigenvalue weighted by Crippen LogP contribution is 2.35. The minimum Gasteiger partial charge on any atom is -0.493 e. The number of rotatable bonds is 16. The van der Waals surface area contributed by atoms with Gasteiger partial charge in [-0.3, -0.25) is 0 Å². The Hall–Kier alpha value is -3.89. The summed E-state index contributed by atoms with van der Waals surface area (Å²) in [5.74, 6) is -3.84. The fourth-order valence-corrected chi connectivity index (χ4v) is 4.31. The van der Waals surface area contributed by atoms with E-state index in [1.54, 1.807) is 18.2 Å². The summed E-state index contributed by atoms with van der Waals surface area (Å²) in [4.78, 5) is 23.8. The van der Waals surface area contributed by atoms with Crippen LogP contribution >= 0.6 is 0 Å². The Morgan fingerprint density at radius 2 is 1.67 bits per heavy atom. The molecule has 0 N–H and O–H groups in total. The van der Waals surface area contributed by atoms with Crippen LogP contribution in [-0.4, -0.2) is 31.5 Å². The van der Waals surface area contributed by atoms with E-state index in [-0.39, 0.29) is 48.5 Å². The van der Waals surface area contributed by atoms with Crippen molar-refractivity contribution >= 4 is 16.9 Å². The molecular formula is C31H33F5O6. The number of alkyl halides is 5. The summed E-state index contributed by atoms with van der Waals surface area (Å²) < 4.78 is 87.5. The molecule has 0 saturated heterocycles. The molecule has 0 fully saturated rings. The van der Waals surface area contributed by atoms with E-state index in [0.717, 1.165) is 25.3 Å². The number of aryl methyl sites for hydroxylation is 1. The van der Waals surface area contributed by atoms with Crippen molar-refractivity contribution < 1.29 is 45.4 Å². The highest BCUT2D eigenvalue weighted by atomic mass is 19.4. The lowest BCUT2D eigenvalue weighted by Crippen LogP contribution is -2.18. The molecule has 3 aromatic rings. The molecular weight excluding hydrogens is 563 g/mol. The van der Waals surface area contributed by atoms with Gasteiger partial charge >= 0.3 is 18.0 Å². The molecule has 2 aromatic carbocycles. The first-order valence-electron chi connectivity index (χ1n) is 13.7. The molecule has 0 aliphatic heterocycles. The quantitative estimate of drug-likeness (QED) is 0.0544. The van der Waals surface area contributed by atoms with E-state index in [1.165, 1.54) is 24.3 Å². The molecule has 0 spiro atoms. The lowest BCUT2D eigenvalue weighted by atomic mass is 10.00. The number of hydrogen-bond donors (Lipinski definition) is 0. The number of ether oxygens (including phenoxy) is 3. The predicted octanol–water partition coefficient (Wildman–Crippen LogP) is 8.40. The third-order valence-corrected chi connectivity index (χ3v) is 6.39. The van der Waals surface area contributed by atoms with Gasteiger partial charge in [0.25, 0.3) is 0 Å². The standard InChI is InChI=1S/C31H33F5O6/c1-3-5-6-9-21-10-13-24(27(18-21)42-31(34,35)36)25-19-22-11-12-23(20-26(22)41-29(25)38)39-16-7-14-30(32,33)15-8-17-40-28(37)4-2/h4,10-13,18-20H,2-3,5-9,14-17H2,1H3. The van der Waals surface area contributed by atoms with Crippen LogP contribution in [0.2, 0.25) is 0 Å². The van der Waals surface area contributed by atoms with Crippen LogP contribution in [0.15, 0.2) is 64.3 Å². The van der Waals surface area contributed by atoms with E-state index in [2.05, 4.69) is 11.3 Å². The molecule has 0 saturated carbocycles. The number of carbonyl (C=O) groups excluding carboxylic acids is 1. The molecule has 42 heavy (non-hydrogen) atoms. The smallest absolute Gasteiger partial charge is 0.493 e. The molecule has 0 aliphatic rings. The third kappa shape index (κ3) is 10.2. The van der Waals surface area contributed by atoms with Gasteiger partial charge in [-0.25, -0.2) is 18.4 Å². The minimum atomic E-state index is -4.95. The van der Waals surface area contributed by atoms with Gasteiger partial charge in [-0.05, 0) is 55.5 Å². The second-order valence-electron chi connectivity index (χ2n) is 9.77. The first-order valence-corrected chi connectivity index (χ1v) is 13.7. The summed E-state index contributed by atoms with van der Waals surface area (Å²) in [7, 11) is 0. The van der Waals surface area contributed by atoms with E-state index in [0.29, 0.717) is 17.4 Å². The van der Waals surface area contributed by atoms with Crippen molar-refractivity contribution in [2.24, 2.45) is 0 Å². The van der Waals surface area contributed by atoms with E-state index >= 15 is 0 Å². The SMILES string of the molecule is C=CC(=O)OCCCC(F)(F)CCCOc1ccc2cc(-c3ccc(CCCCC)cc3OC(F)(F)F)c(=O)oc2c1. The van der Waals surface area contributed by atoms with Crippen molar-refractivity contribution in [1.82, 2.24) is 0 Å². The maximum atomic E-state index is 14.1. The van der Waals surface area contributed by atoms with Gasteiger partial charge in [-0.1, -0.05) is 38.5 Å². The highest BCUT2D eigenvalue weighted by molar-refractivity contribution is 5.84. The van der Waals surface area contributed by atoms with Crippen molar-refractivity contribution in [3.05, 3.63) is 71.1 Å². The molecule has 228 valence electrons. The number of halogens is 5. The van der Waals surface area contributed by atoms with Crippen molar-refractivity contribution in [3.63, 3.8) is 0 Å². The van der Waals surface area contributed by atoms with Gasteiger partial charge in [0.1, 0.15) is 17.1 Å². The number of fused-ring (bicyclic) bond motifs is 1. The van der Waals surface area contributed by atoms with Crippen molar-refractivity contribution in [2.45, 2.75) is 70.6 Å². The lowest BCUT2D eigenvalue weighted by molar-refractivity contribution is -0.274. The maximum Gasteiger partial charge on any atom is 0.573 e. The molecule has 0 amide bonds. The topological polar surface area (TPSA) is 75.0 Å². The Labute approximate surface area is 240 Å². The lowest BCUT2D eigenvalue weighted by Gasteiger charge is -2.16. The van der Waals surface area contributed by atoms with Gasteiger partial charge in [-0.15, -0.1) is 13.2 Å². The molecule has 0 unspecified atom stereocenters. The second kappa shape index (κ2) is 14.8. The highest BCUT2D eigenvalue weighted by Gasteiger charge is 2.33. The van der Waals surface area contributed by atoms with Crippen LogP contribution < -0.4 is 15.1 Å². The van der Waals surface area contributed by atoms with Gasteiger partial charge in [0.05, 0.1) is 18.8 Å². The van der Waals surface area contributed by atoms with Gasteiger partial charge in [-0.2, -0.15) is 0 Å². The summed E-state index contributed by atoms with van der Waals surface area (Å²) in [5.41, 5.74) is -0.247. The van der Waals surface area contributed by atoms with E-state index in [9.17, 15) is 31.5 Å². The van der Waals surface area contributed by atoms with Gasteiger partial charge < -0.3 is 18.6 Å². The number of benzene rings is 2. The molecule has 0 bridgehead atoms. The van der Waals surface area contributed by atoms with Crippen LogP contribution in [0.1, 0.15) is 57.4 Å². The minimum absolute atomic E-state index is 0.00601. The van der Waals surface area contributed by atoms with Crippen LogP contribution in [0.25, 0.3) is 22.1 Å². The molecule has 1 heterocycles. The number of esters is 1. The summed E-state index contributed by atoms with van der Waals surface area (Å²) in [6.07, 6.45) is -1.56. The van der Waals surface area contributed by atoms with Crippen molar-refractivity contribution in [2.75, 3.05) is 13.2 Å². The van der Waals surface area contributed by atoms with Gasteiger partial charge in [0.15, 0.2) is 0 Å². The Bertz CT molecular complexity index is 1410. The fraction of sp³-hybridized carbons (Fsp3) is 0.419. The third-order valence-electron chi connectivity index (χ3n) is 6.39. The predicted molar refractivity (Wildman–Crippen MR) is 148 cm³/mol. The maximum absolute atomic E-state index is 14.1. The van der Waals surface area contributed by atoms with Crippen LogP contribution in [0.5, 0.6) is 11.5 Å². The molecule has 0 aliphatic carbocycles. The van der Waals surface area contributed by atoms with Gasteiger partial charge in [0, 0.05) is 35.9 Å². The fourth-order valence-electron chi connectivity index (χ4n) is 4.31. The number of unbranched alkanes of at least 4 members (excludes halogenated alkanes) is 2. The average molecular weight is 597 g/mol. The summed E-state index contributed by atoms with van der Waals surface area (Å²) in [6.45, 7) is 5.10. The largest absolute Gasteiger partial charge is 0.573 e. The summed E-state index contributed by atoms with van der Waals surface area (Å²) in [6, 6.07) is 10.3. The van der Waals surface area contributed by atoms with Gasteiger partial charge in [0.2, 0.25) is 5.92 Å². The molecule has 0 atom stereocenters. The van der Waals surface area contributed by atoms with Crippen LogP contribution in [-0.2, 0) is 16.0 Å². The second-order valence-corrected chi connectivity index (χ2v) is 9.77. The molecule has 0 radical (unpaired) electrons. The Balaban J connectivity index is 1.68. The first kappa shape index (κ1) is 32.6. The van der Waals surface area contributed by atoms with Crippen molar-refractivity contribution in [3.8, 4) is 22.6 Å². The molecule has 3 rings (SSSR count). The van der Waals surface area contributed by atoms with Crippen molar-refractivity contribution in [1.29, 1.82) is 0 Å². The van der Waals surface area contributed by atoms with E-state index in [4.69, 9.17) is 13.9 Å². The Kier molecular flexibility index (Phi) is 11.5. The summed E-state index contributed by atoms with van der Waals surface area (Å²) in [5, 5.41) is 0.422. The van der Waals surface area contributed by atoms with Crippen LogP contribution in [0, 0.1) is 0 Å².